The maximum Gasteiger partial charge on any atom is 0.320 e. The minimum Gasteiger partial charge on any atom is -0.480 e. The first kappa shape index (κ1) is 19.7. The SMILES string of the molecule is CC(C)(C)NC(=O)CN1CCN(C(=O)CN2CCC[C@H]2C(=O)O)CC1. The minimum atomic E-state index is -0.847. The van der Waals surface area contributed by atoms with Gasteiger partial charge in [-0.1, -0.05) is 0 Å². The number of likely N-dealkylation sites (tertiary alicyclic amines) is 1. The molecule has 2 heterocycles. The lowest BCUT2D eigenvalue weighted by molar-refractivity contribution is -0.143. The van der Waals surface area contributed by atoms with Crippen molar-refractivity contribution in [1.82, 2.24) is 20.0 Å². The maximum absolute atomic E-state index is 12.4. The number of aliphatic carboxylic acids is 1. The Morgan fingerprint density at radius 3 is 2.24 bits per heavy atom. The Kier molecular flexibility index (Phi) is 6.40. The van der Waals surface area contributed by atoms with Crippen molar-refractivity contribution in [2.24, 2.45) is 0 Å². The average Bonchev–Trinajstić information content (AvgIpc) is 2.94. The van der Waals surface area contributed by atoms with E-state index in [1.165, 1.54) is 0 Å². The number of carbonyl (C=O) groups is 3. The van der Waals surface area contributed by atoms with Gasteiger partial charge < -0.3 is 15.3 Å². The highest BCUT2D eigenvalue weighted by atomic mass is 16.4. The van der Waals surface area contributed by atoms with Crippen LogP contribution in [-0.2, 0) is 14.4 Å². The van der Waals surface area contributed by atoms with Crippen LogP contribution in [0.3, 0.4) is 0 Å². The molecule has 25 heavy (non-hydrogen) atoms. The first-order chi connectivity index (χ1) is 11.7. The molecule has 0 saturated carbocycles. The molecule has 0 aromatic heterocycles. The standard InChI is InChI=1S/C17H30N4O4/c1-17(2,3)18-14(22)11-19-7-9-20(10-8-19)15(23)12-21-6-4-5-13(21)16(24)25/h13H,4-12H2,1-3H3,(H,18,22)(H,24,25)/t13-/m0/s1. The Morgan fingerprint density at radius 2 is 1.68 bits per heavy atom. The summed E-state index contributed by atoms with van der Waals surface area (Å²) in [5, 5.41) is 12.1. The fourth-order valence-corrected chi connectivity index (χ4v) is 3.39. The van der Waals surface area contributed by atoms with E-state index in [1.54, 1.807) is 9.80 Å². The Labute approximate surface area is 149 Å². The van der Waals surface area contributed by atoms with Crippen molar-refractivity contribution in [1.29, 1.82) is 0 Å². The predicted octanol–water partition coefficient (Wildman–Crippen LogP) is -0.406. The molecule has 1 atom stereocenters. The molecule has 0 aromatic carbocycles. The minimum absolute atomic E-state index is 0.00589. The molecule has 8 heteroatoms. The van der Waals surface area contributed by atoms with Gasteiger partial charge in [-0.15, -0.1) is 0 Å². The molecule has 0 aliphatic carbocycles. The van der Waals surface area contributed by atoms with E-state index in [1.807, 2.05) is 25.7 Å². The van der Waals surface area contributed by atoms with E-state index in [9.17, 15) is 19.5 Å². The van der Waals surface area contributed by atoms with Crippen molar-refractivity contribution in [2.75, 3.05) is 45.8 Å². The lowest BCUT2D eigenvalue weighted by Crippen LogP contribution is -2.54. The van der Waals surface area contributed by atoms with Crippen molar-refractivity contribution >= 4 is 17.8 Å². The molecule has 2 fully saturated rings. The molecule has 0 spiro atoms. The molecule has 0 unspecified atom stereocenters. The molecular weight excluding hydrogens is 324 g/mol. The molecular formula is C17H30N4O4. The van der Waals surface area contributed by atoms with Gasteiger partial charge in [0.25, 0.3) is 0 Å². The van der Waals surface area contributed by atoms with Gasteiger partial charge in [-0.25, -0.2) is 0 Å². The second-order valence-electron chi connectivity index (χ2n) is 7.92. The van der Waals surface area contributed by atoms with Crippen LogP contribution in [0.4, 0.5) is 0 Å². The normalized spacial score (nSPS) is 22.8. The number of amides is 2. The molecule has 2 saturated heterocycles. The van der Waals surface area contributed by atoms with Gasteiger partial charge in [-0.05, 0) is 40.2 Å². The quantitative estimate of drug-likeness (QED) is 0.698. The van der Waals surface area contributed by atoms with Gasteiger partial charge in [0, 0.05) is 31.7 Å². The number of piperazine rings is 1. The highest BCUT2D eigenvalue weighted by Gasteiger charge is 2.33. The van der Waals surface area contributed by atoms with E-state index in [0.29, 0.717) is 45.7 Å². The van der Waals surface area contributed by atoms with E-state index < -0.39 is 12.0 Å². The number of carbonyl (C=O) groups excluding carboxylic acids is 2. The van der Waals surface area contributed by atoms with Crippen LogP contribution < -0.4 is 5.32 Å². The number of nitrogens with one attached hydrogen (secondary N) is 1. The first-order valence-corrected chi connectivity index (χ1v) is 8.94. The summed E-state index contributed by atoms with van der Waals surface area (Å²) in [6.07, 6.45) is 1.43. The smallest absolute Gasteiger partial charge is 0.320 e. The summed E-state index contributed by atoms with van der Waals surface area (Å²) in [5.41, 5.74) is -0.245. The molecule has 2 aliphatic heterocycles. The van der Waals surface area contributed by atoms with Crippen LogP contribution in [0.5, 0.6) is 0 Å². The number of carboxylic acid groups (broad SMARTS) is 1. The highest BCUT2D eigenvalue weighted by Crippen LogP contribution is 2.17. The van der Waals surface area contributed by atoms with Crippen LogP contribution in [0.15, 0.2) is 0 Å². The Hall–Kier alpha value is -1.67. The monoisotopic (exact) mass is 354 g/mol. The average molecular weight is 354 g/mol. The van der Waals surface area contributed by atoms with Gasteiger partial charge in [0.2, 0.25) is 11.8 Å². The molecule has 2 rings (SSSR count). The molecule has 142 valence electrons. The van der Waals surface area contributed by atoms with Gasteiger partial charge in [0.15, 0.2) is 0 Å². The maximum atomic E-state index is 12.4. The topological polar surface area (TPSA) is 93.2 Å². The van der Waals surface area contributed by atoms with E-state index in [0.717, 1.165) is 6.42 Å². The molecule has 0 radical (unpaired) electrons. The molecule has 0 aromatic rings. The molecule has 8 nitrogen and oxygen atoms in total. The Balaban J connectivity index is 1.75. The van der Waals surface area contributed by atoms with Gasteiger partial charge in [-0.3, -0.25) is 24.2 Å². The van der Waals surface area contributed by atoms with E-state index >= 15 is 0 Å². The van der Waals surface area contributed by atoms with Crippen LogP contribution in [0.25, 0.3) is 0 Å². The van der Waals surface area contributed by atoms with Crippen molar-refractivity contribution in [3.8, 4) is 0 Å². The summed E-state index contributed by atoms with van der Waals surface area (Å²) in [6.45, 7) is 9.49. The van der Waals surface area contributed by atoms with Gasteiger partial charge >= 0.3 is 5.97 Å². The molecule has 2 aliphatic rings. The third-order valence-corrected chi connectivity index (χ3v) is 4.59. The number of rotatable bonds is 5. The number of hydrogen-bond acceptors (Lipinski definition) is 5. The molecule has 2 amide bonds. The largest absolute Gasteiger partial charge is 0.480 e. The number of hydrogen-bond donors (Lipinski definition) is 2. The fraction of sp³-hybridized carbons (Fsp3) is 0.824. The summed E-state index contributed by atoms with van der Waals surface area (Å²) in [4.78, 5) is 41.2. The van der Waals surface area contributed by atoms with Crippen molar-refractivity contribution in [2.45, 2.75) is 45.2 Å². The van der Waals surface area contributed by atoms with E-state index in [4.69, 9.17) is 0 Å². The van der Waals surface area contributed by atoms with Crippen LogP contribution in [0.2, 0.25) is 0 Å². The first-order valence-electron chi connectivity index (χ1n) is 8.94. The van der Waals surface area contributed by atoms with Crippen molar-refractivity contribution in [3.05, 3.63) is 0 Å². The third-order valence-electron chi connectivity index (χ3n) is 4.59. The lowest BCUT2D eigenvalue weighted by atomic mass is 10.1. The van der Waals surface area contributed by atoms with Crippen LogP contribution in [0, 0.1) is 0 Å². The zero-order valence-corrected chi connectivity index (χ0v) is 15.5. The summed E-state index contributed by atoms with van der Waals surface area (Å²) in [5.74, 6) is -0.874. The predicted molar refractivity (Wildman–Crippen MR) is 93.1 cm³/mol. The second kappa shape index (κ2) is 8.14. The summed E-state index contributed by atoms with van der Waals surface area (Å²) < 4.78 is 0. The number of carboxylic acids is 1. The fourth-order valence-electron chi connectivity index (χ4n) is 3.39. The molecule has 2 N–H and O–H groups in total. The third kappa shape index (κ3) is 5.97. The molecule has 0 bridgehead atoms. The van der Waals surface area contributed by atoms with Crippen LogP contribution in [0.1, 0.15) is 33.6 Å². The Bertz CT molecular complexity index is 509. The second-order valence-corrected chi connectivity index (χ2v) is 7.92. The summed E-state index contributed by atoms with van der Waals surface area (Å²) >= 11 is 0. The van der Waals surface area contributed by atoms with Crippen LogP contribution in [-0.4, -0.2) is 95.0 Å². The summed E-state index contributed by atoms with van der Waals surface area (Å²) in [7, 11) is 0. The van der Waals surface area contributed by atoms with E-state index in [2.05, 4.69) is 5.32 Å². The van der Waals surface area contributed by atoms with Gasteiger partial charge in [0.1, 0.15) is 6.04 Å². The highest BCUT2D eigenvalue weighted by molar-refractivity contribution is 5.81. The zero-order chi connectivity index (χ0) is 18.6. The lowest BCUT2D eigenvalue weighted by Gasteiger charge is -2.36. The van der Waals surface area contributed by atoms with Crippen molar-refractivity contribution < 1.29 is 19.5 Å². The summed E-state index contributed by atoms with van der Waals surface area (Å²) in [6, 6.07) is -0.536. The van der Waals surface area contributed by atoms with Crippen molar-refractivity contribution in [3.63, 3.8) is 0 Å². The van der Waals surface area contributed by atoms with E-state index in [-0.39, 0.29) is 23.9 Å². The number of nitrogens with zero attached hydrogens (tertiary/aromatic N) is 3. The van der Waals surface area contributed by atoms with Crippen LogP contribution >= 0.6 is 0 Å². The zero-order valence-electron chi connectivity index (χ0n) is 15.5. The Morgan fingerprint density at radius 1 is 1.04 bits per heavy atom. The van der Waals surface area contributed by atoms with Gasteiger partial charge in [0.05, 0.1) is 13.1 Å². The van der Waals surface area contributed by atoms with Gasteiger partial charge in [-0.2, -0.15) is 0 Å².